The Morgan fingerprint density at radius 1 is 0.880 bits per heavy atom. The quantitative estimate of drug-likeness (QED) is 0.515. The van der Waals surface area contributed by atoms with E-state index in [-0.39, 0.29) is 0 Å². The summed E-state index contributed by atoms with van der Waals surface area (Å²) >= 11 is 0. The third-order valence-corrected chi connectivity index (χ3v) is 4.95. The van der Waals surface area contributed by atoms with Gasteiger partial charge >= 0.3 is 0 Å². The van der Waals surface area contributed by atoms with E-state index in [0.717, 1.165) is 18.4 Å². The van der Waals surface area contributed by atoms with Crippen LogP contribution in [0.3, 0.4) is 0 Å². The molecule has 0 aliphatic rings. The maximum Gasteiger partial charge on any atom is 0.136 e. The molecule has 0 aliphatic heterocycles. The van der Waals surface area contributed by atoms with Gasteiger partial charge in [-0.25, -0.2) is 0 Å². The molecule has 1 aromatic heterocycles. The summed E-state index contributed by atoms with van der Waals surface area (Å²) in [5.74, 6) is 0.308. The minimum atomic E-state index is 0.308. The zero-order valence-corrected chi connectivity index (χ0v) is 15.3. The fourth-order valence-electron chi connectivity index (χ4n) is 3.32. The van der Waals surface area contributed by atoms with E-state index >= 15 is 0 Å². The van der Waals surface area contributed by atoms with Crippen molar-refractivity contribution in [3.8, 4) is 0 Å². The number of aryl methyl sites for hydroxylation is 3. The van der Waals surface area contributed by atoms with Gasteiger partial charge in [0.15, 0.2) is 0 Å². The van der Waals surface area contributed by atoms with Crippen LogP contribution in [0.4, 0.5) is 0 Å². The lowest BCUT2D eigenvalue weighted by atomic mass is 10.0. The molecule has 130 valence electrons. The van der Waals surface area contributed by atoms with Crippen LogP contribution in [0.2, 0.25) is 0 Å². The zero-order chi connectivity index (χ0) is 17.6. The predicted molar refractivity (Wildman–Crippen MR) is 105 cm³/mol. The number of hydrogen-bond donors (Lipinski definition) is 0. The van der Waals surface area contributed by atoms with E-state index in [4.69, 9.17) is 0 Å². The van der Waals surface area contributed by atoms with Gasteiger partial charge in [-0.15, -0.1) is 0 Å². The molecule has 1 heterocycles. The molecule has 0 saturated carbocycles. The molecule has 0 unspecified atom stereocenters. The van der Waals surface area contributed by atoms with Gasteiger partial charge in [-0.2, -0.15) is 0 Å². The zero-order valence-electron chi connectivity index (χ0n) is 15.3. The fraction of sp³-hybridized carbons (Fsp3) is 0.348. The summed E-state index contributed by atoms with van der Waals surface area (Å²) in [4.78, 5) is 11.5. The summed E-state index contributed by atoms with van der Waals surface area (Å²) in [6.07, 6.45) is 7.94. The van der Waals surface area contributed by atoms with Crippen molar-refractivity contribution >= 4 is 16.7 Å². The minimum Gasteiger partial charge on any atom is -0.351 e. The molecule has 0 N–H and O–H groups in total. The number of fused-ring (bicyclic) bond motifs is 1. The van der Waals surface area contributed by atoms with Crippen LogP contribution in [0.1, 0.15) is 42.9 Å². The third-order valence-electron chi connectivity index (χ3n) is 4.95. The second-order valence-corrected chi connectivity index (χ2v) is 6.91. The van der Waals surface area contributed by atoms with Gasteiger partial charge in [0.1, 0.15) is 5.78 Å². The highest BCUT2D eigenvalue weighted by Gasteiger charge is 2.02. The molecular weight excluding hydrogens is 306 g/mol. The maximum atomic E-state index is 11.5. The molecule has 25 heavy (non-hydrogen) atoms. The van der Waals surface area contributed by atoms with E-state index in [1.807, 2.05) is 6.92 Å². The average Bonchev–Trinajstić information content (AvgIpc) is 3.00. The van der Waals surface area contributed by atoms with Crippen LogP contribution in [0.25, 0.3) is 10.9 Å². The molecule has 0 spiro atoms. The van der Waals surface area contributed by atoms with Gasteiger partial charge in [0.25, 0.3) is 0 Å². The average molecular weight is 333 g/mol. The van der Waals surface area contributed by atoms with Crippen LogP contribution in [0, 0.1) is 0 Å². The van der Waals surface area contributed by atoms with Crippen molar-refractivity contribution in [3.05, 3.63) is 71.4 Å². The number of Topliss-reactive ketones (excluding diaryl/α,β-unsaturated/α-hetero) is 1. The molecule has 2 nitrogen and oxygen atoms in total. The van der Waals surface area contributed by atoms with E-state index < -0.39 is 0 Å². The Morgan fingerprint density at radius 3 is 2.24 bits per heavy atom. The lowest BCUT2D eigenvalue weighted by molar-refractivity contribution is -0.118. The normalized spacial score (nSPS) is 11.1. The van der Waals surface area contributed by atoms with E-state index in [9.17, 15) is 4.79 Å². The Kier molecular flexibility index (Phi) is 5.70. The van der Waals surface area contributed by atoms with E-state index in [0.29, 0.717) is 18.6 Å². The topological polar surface area (TPSA) is 22.0 Å². The fourth-order valence-corrected chi connectivity index (χ4v) is 3.32. The molecule has 0 atom stereocenters. The molecule has 3 rings (SSSR count). The minimum absolute atomic E-state index is 0.308. The van der Waals surface area contributed by atoms with E-state index in [2.05, 4.69) is 66.3 Å². The summed E-state index contributed by atoms with van der Waals surface area (Å²) < 4.78 is 2.16. The van der Waals surface area contributed by atoms with Gasteiger partial charge in [-0.05, 0) is 66.0 Å². The molecule has 2 heteroatoms. The van der Waals surface area contributed by atoms with Crippen molar-refractivity contribution in [3.63, 3.8) is 0 Å². The Morgan fingerprint density at radius 2 is 1.52 bits per heavy atom. The number of carbonyl (C=O) groups is 1. The first kappa shape index (κ1) is 17.5. The number of benzene rings is 2. The van der Waals surface area contributed by atoms with Crippen LogP contribution in [-0.4, -0.2) is 10.4 Å². The SMILES string of the molecule is CCC(=O)Cc1ccc(CCCCc2ccc3c(ccn3C)c2)cc1. The van der Waals surface area contributed by atoms with Crippen molar-refractivity contribution < 1.29 is 4.79 Å². The van der Waals surface area contributed by atoms with Gasteiger partial charge in [-0.3, -0.25) is 4.79 Å². The Labute approximate surface area is 150 Å². The van der Waals surface area contributed by atoms with Crippen LogP contribution < -0.4 is 0 Å². The Balaban J connectivity index is 1.46. The highest BCUT2D eigenvalue weighted by atomic mass is 16.1. The summed E-state index contributed by atoms with van der Waals surface area (Å²) in [5.41, 5.74) is 5.22. The van der Waals surface area contributed by atoms with Crippen molar-refractivity contribution in [2.24, 2.45) is 7.05 Å². The monoisotopic (exact) mass is 333 g/mol. The van der Waals surface area contributed by atoms with Crippen LogP contribution in [0.5, 0.6) is 0 Å². The van der Waals surface area contributed by atoms with E-state index in [1.165, 1.54) is 34.9 Å². The second kappa shape index (κ2) is 8.15. The second-order valence-electron chi connectivity index (χ2n) is 6.91. The number of rotatable bonds is 8. The molecule has 0 aliphatic carbocycles. The Hall–Kier alpha value is -2.35. The van der Waals surface area contributed by atoms with Gasteiger partial charge in [0.2, 0.25) is 0 Å². The molecule has 0 radical (unpaired) electrons. The van der Waals surface area contributed by atoms with E-state index in [1.54, 1.807) is 0 Å². The number of hydrogen-bond acceptors (Lipinski definition) is 1. The lowest BCUT2D eigenvalue weighted by Gasteiger charge is -2.05. The first-order chi connectivity index (χ1) is 12.2. The van der Waals surface area contributed by atoms with Gasteiger partial charge < -0.3 is 4.57 Å². The number of carbonyl (C=O) groups excluding carboxylic acids is 1. The highest BCUT2D eigenvalue weighted by molar-refractivity contribution is 5.81. The van der Waals surface area contributed by atoms with Crippen LogP contribution in [-0.2, 0) is 31.1 Å². The highest BCUT2D eigenvalue weighted by Crippen LogP contribution is 2.18. The maximum absolute atomic E-state index is 11.5. The van der Waals surface area contributed by atoms with Crippen molar-refractivity contribution in [2.45, 2.75) is 45.4 Å². The molecule has 3 aromatic rings. The summed E-state index contributed by atoms with van der Waals surface area (Å²) in [6, 6.07) is 17.5. The summed E-state index contributed by atoms with van der Waals surface area (Å²) in [7, 11) is 2.09. The number of ketones is 1. The summed E-state index contributed by atoms with van der Waals surface area (Å²) in [5, 5.41) is 1.33. The van der Waals surface area contributed by atoms with Crippen molar-refractivity contribution in [1.29, 1.82) is 0 Å². The third kappa shape index (κ3) is 4.60. The molecule has 0 saturated heterocycles. The van der Waals surface area contributed by atoms with Gasteiger partial charge in [-0.1, -0.05) is 37.3 Å². The van der Waals surface area contributed by atoms with Crippen molar-refractivity contribution in [1.82, 2.24) is 4.57 Å². The Bertz CT molecular complexity index is 842. The van der Waals surface area contributed by atoms with Gasteiger partial charge in [0.05, 0.1) is 0 Å². The van der Waals surface area contributed by atoms with Crippen LogP contribution >= 0.6 is 0 Å². The summed E-state index contributed by atoms with van der Waals surface area (Å²) in [6.45, 7) is 1.92. The number of nitrogens with zero attached hydrogens (tertiary/aromatic N) is 1. The smallest absolute Gasteiger partial charge is 0.136 e. The molecule has 0 bridgehead atoms. The van der Waals surface area contributed by atoms with Crippen LogP contribution in [0.15, 0.2) is 54.7 Å². The van der Waals surface area contributed by atoms with Gasteiger partial charge in [0, 0.05) is 31.6 Å². The molecular formula is C23H27NO. The standard InChI is InChI=1S/C23H27NO/c1-3-22(25)17-20-10-8-18(9-11-20)6-4-5-7-19-12-13-23-21(16-19)14-15-24(23)2/h8-16H,3-7,17H2,1-2H3. The molecule has 0 amide bonds. The number of aromatic nitrogens is 1. The predicted octanol–water partition coefficient (Wildman–Crippen LogP) is 5.27. The number of unbranched alkanes of at least 4 members (excludes halogenated alkanes) is 1. The first-order valence-electron chi connectivity index (χ1n) is 9.29. The lowest BCUT2D eigenvalue weighted by Crippen LogP contribution is -2.00. The molecule has 2 aromatic carbocycles. The molecule has 0 fully saturated rings. The van der Waals surface area contributed by atoms with Crippen molar-refractivity contribution in [2.75, 3.05) is 0 Å². The first-order valence-corrected chi connectivity index (χ1v) is 9.29. The largest absolute Gasteiger partial charge is 0.351 e.